The Bertz CT molecular complexity index is 969. The molecule has 1 unspecified atom stereocenters. The SMILES string of the molecule is CC1(C)O[C@@H]2C[C@@](OCc3ccc(C#N)cc3)(C(=O)NCCN3CCOCC3)CC(OCC3CC3)[C@@H]2O1. The van der Waals surface area contributed by atoms with Crippen molar-refractivity contribution >= 4 is 5.91 Å². The van der Waals surface area contributed by atoms with Gasteiger partial charge >= 0.3 is 0 Å². The lowest BCUT2D eigenvalue weighted by Gasteiger charge is -2.43. The molecule has 5 rings (SSSR count). The van der Waals surface area contributed by atoms with Crippen LogP contribution in [0, 0.1) is 17.2 Å². The number of hydrogen-bond acceptors (Lipinski definition) is 8. The second kappa shape index (κ2) is 11.4. The molecule has 4 atom stereocenters. The van der Waals surface area contributed by atoms with Gasteiger partial charge in [0.15, 0.2) is 11.4 Å². The van der Waals surface area contributed by atoms with Crippen LogP contribution in [-0.4, -0.2) is 86.5 Å². The Hall–Kier alpha value is -2.06. The molecule has 0 radical (unpaired) electrons. The molecule has 2 saturated carbocycles. The monoisotopic (exact) mass is 513 g/mol. The molecule has 2 aliphatic heterocycles. The maximum atomic E-state index is 13.9. The van der Waals surface area contributed by atoms with E-state index >= 15 is 0 Å². The van der Waals surface area contributed by atoms with Gasteiger partial charge in [-0.1, -0.05) is 12.1 Å². The highest BCUT2D eigenvalue weighted by atomic mass is 16.8. The van der Waals surface area contributed by atoms with Crippen molar-refractivity contribution in [1.29, 1.82) is 5.26 Å². The van der Waals surface area contributed by atoms with Crippen molar-refractivity contribution in [3.05, 3.63) is 35.4 Å². The molecule has 202 valence electrons. The average Bonchev–Trinajstić information content (AvgIpc) is 3.67. The normalized spacial score (nSPS) is 31.4. The zero-order valence-corrected chi connectivity index (χ0v) is 21.9. The maximum absolute atomic E-state index is 13.9. The van der Waals surface area contributed by atoms with E-state index in [4.69, 9.17) is 28.9 Å². The van der Waals surface area contributed by atoms with Crippen LogP contribution in [0.1, 0.15) is 50.7 Å². The second-order valence-corrected chi connectivity index (χ2v) is 11.2. The number of fused-ring (bicyclic) bond motifs is 1. The molecule has 0 bridgehead atoms. The van der Waals surface area contributed by atoms with Crippen LogP contribution in [0.5, 0.6) is 0 Å². The summed E-state index contributed by atoms with van der Waals surface area (Å²) in [4.78, 5) is 16.1. The standard InChI is InChI=1S/C28H39N3O6/c1-27(2)36-24-16-28(35-19-22-5-3-20(17-29)4-6-22,15-23(25(24)37-27)34-18-21-7-8-21)26(32)30-9-10-31-11-13-33-14-12-31/h3-6,21,23-25H,7-16,18-19H2,1-2H3,(H,30,32)/t23?,24-,25+,28-/m1/s1. The third kappa shape index (κ3) is 6.69. The first-order valence-electron chi connectivity index (χ1n) is 13.5. The third-order valence-electron chi connectivity index (χ3n) is 7.72. The molecule has 1 aromatic carbocycles. The first kappa shape index (κ1) is 26.5. The number of hydrogen-bond donors (Lipinski definition) is 1. The summed E-state index contributed by atoms with van der Waals surface area (Å²) in [6, 6.07) is 9.41. The Kier molecular flexibility index (Phi) is 8.15. The molecule has 0 spiro atoms. The summed E-state index contributed by atoms with van der Waals surface area (Å²) in [5.41, 5.74) is 0.381. The minimum atomic E-state index is -1.11. The minimum absolute atomic E-state index is 0.138. The molecule has 2 saturated heterocycles. The van der Waals surface area contributed by atoms with Gasteiger partial charge in [0, 0.05) is 45.6 Å². The third-order valence-corrected chi connectivity index (χ3v) is 7.72. The van der Waals surface area contributed by atoms with Crippen molar-refractivity contribution in [3.8, 4) is 6.07 Å². The first-order valence-corrected chi connectivity index (χ1v) is 13.5. The summed E-state index contributed by atoms with van der Waals surface area (Å²) in [5.74, 6) is -0.291. The van der Waals surface area contributed by atoms with E-state index in [0.29, 0.717) is 37.5 Å². The van der Waals surface area contributed by atoms with Crippen LogP contribution in [0.2, 0.25) is 0 Å². The summed E-state index contributed by atoms with van der Waals surface area (Å²) >= 11 is 0. The van der Waals surface area contributed by atoms with Crippen molar-refractivity contribution in [2.45, 2.75) is 75.8 Å². The van der Waals surface area contributed by atoms with Crippen LogP contribution in [0.15, 0.2) is 24.3 Å². The highest BCUT2D eigenvalue weighted by Gasteiger charge is 2.58. The maximum Gasteiger partial charge on any atom is 0.252 e. The van der Waals surface area contributed by atoms with Gasteiger partial charge in [-0.2, -0.15) is 5.26 Å². The minimum Gasteiger partial charge on any atom is -0.379 e. The van der Waals surface area contributed by atoms with Crippen molar-refractivity contribution in [3.63, 3.8) is 0 Å². The number of nitrogens with one attached hydrogen (secondary N) is 1. The summed E-state index contributed by atoms with van der Waals surface area (Å²) in [7, 11) is 0. The van der Waals surface area contributed by atoms with Gasteiger partial charge in [-0.25, -0.2) is 0 Å². The fourth-order valence-electron chi connectivity index (χ4n) is 5.46. The number of carbonyl (C=O) groups is 1. The molecule has 9 heteroatoms. The Morgan fingerprint density at radius 2 is 1.92 bits per heavy atom. The van der Waals surface area contributed by atoms with Crippen molar-refractivity contribution in [2.24, 2.45) is 5.92 Å². The summed E-state index contributed by atoms with van der Waals surface area (Å²) in [6.07, 6.45) is 2.33. The quantitative estimate of drug-likeness (QED) is 0.509. The van der Waals surface area contributed by atoms with E-state index in [1.165, 1.54) is 12.8 Å². The van der Waals surface area contributed by atoms with Crippen LogP contribution in [0.4, 0.5) is 0 Å². The van der Waals surface area contributed by atoms with Gasteiger partial charge in [0.2, 0.25) is 0 Å². The number of nitrogens with zero attached hydrogens (tertiary/aromatic N) is 2. The van der Waals surface area contributed by atoms with Gasteiger partial charge in [0.25, 0.3) is 5.91 Å². The van der Waals surface area contributed by atoms with E-state index in [9.17, 15) is 4.79 Å². The predicted molar refractivity (Wildman–Crippen MR) is 134 cm³/mol. The lowest BCUT2D eigenvalue weighted by molar-refractivity contribution is -0.182. The van der Waals surface area contributed by atoms with E-state index in [1.54, 1.807) is 12.1 Å². The summed E-state index contributed by atoms with van der Waals surface area (Å²) < 4.78 is 30.9. The van der Waals surface area contributed by atoms with Crippen LogP contribution in [-0.2, 0) is 35.1 Å². The van der Waals surface area contributed by atoms with Gasteiger partial charge in [0.05, 0.1) is 43.7 Å². The summed E-state index contributed by atoms with van der Waals surface area (Å²) in [5, 5.41) is 12.3. The number of carbonyl (C=O) groups excluding carboxylic acids is 1. The van der Waals surface area contributed by atoms with E-state index in [2.05, 4.69) is 16.3 Å². The highest BCUT2D eigenvalue weighted by Crippen LogP contribution is 2.44. The zero-order chi connectivity index (χ0) is 25.9. The van der Waals surface area contributed by atoms with Gasteiger partial charge in [0.1, 0.15) is 6.10 Å². The van der Waals surface area contributed by atoms with Crippen LogP contribution in [0.25, 0.3) is 0 Å². The molecular formula is C28H39N3O6. The van der Waals surface area contributed by atoms with Gasteiger partial charge in [-0.05, 0) is 50.3 Å². The number of benzene rings is 1. The smallest absolute Gasteiger partial charge is 0.252 e. The van der Waals surface area contributed by atoms with Crippen molar-refractivity contribution in [1.82, 2.24) is 10.2 Å². The number of morpholine rings is 1. The summed E-state index contributed by atoms with van der Waals surface area (Å²) in [6.45, 7) is 9.22. The van der Waals surface area contributed by atoms with Gasteiger partial charge in [-0.3, -0.25) is 9.69 Å². The zero-order valence-electron chi connectivity index (χ0n) is 21.9. The lowest BCUT2D eigenvalue weighted by atomic mass is 9.78. The van der Waals surface area contributed by atoms with Gasteiger partial charge < -0.3 is 29.0 Å². The van der Waals surface area contributed by atoms with Crippen LogP contribution >= 0.6 is 0 Å². The van der Waals surface area contributed by atoms with E-state index in [-0.39, 0.29) is 30.8 Å². The Morgan fingerprint density at radius 3 is 2.62 bits per heavy atom. The molecular weight excluding hydrogens is 474 g/mol. The fourth-order valence-corrected chi connectivity index (χ4v) is 5.46. The molecule has 2 aliphatic carbocycles. The number of rotatable bonds is 10. The lowest BCUT2D eigenvalue weighted by Crippen LogP contribution is -2.60. The molecule has 37 heavy (non-hydrogen) atoms. The van der Waals surface area contributed by atoms with Crippen LogP contribution in [0.3, 0.4) is 0 Å². The highest BCUT2D eigenvalue weighted by molar-refractivity contribution is 5.85. The number of amides is 1. The van der Waals surface area contributed by atoms with Crippen molar-refractivity contribution < 1.29 is 28.5 Å². The molecule has 1 amide bonds. The molecule has 9 nitrogen and oxygen atoms in total. The van der Waals surface area contributed by atoms with E-state index in [0.717, 1.165) is 38.4 Å². The topological polar surface area (TPSA) is 102 Å². The molecule has 1 N–H and O–H groups in total. The Labute approximate surface area is 219 Å². The average molecular weight is 514 g/mol. The van der Waals surface area contributed by atoms with E-state index in [1.807, 2.05) is 26.0 Å². The van der Waals surface area contributed by atoms with Gasteiger partial charge in [-0.15, -0.1) is 0 Å². The van der Waals surface area contributed by atoms with E-state index < -0.39 is 11.4 Å². The first-order chi connectivity index (χ1) is 17.9. The predicted octanol–water partition coefficient (Wildman–Crippen LogP) is 2.37. The Morgan fingerprint density at radius 1 is 1.16 bits per heavy atom. The fraction of sp³-hybridized carbons (Fsp3) is 0.714. The molecule has 4 fully saturated rings. The number of nitriles is 1. The largest absolute Gasteiger partial charge is 0.379 e. The molecule has 0 aromatic heterocycles. The Balaban J connectivity index is 1.32. The van der Waals surface area contributed by atoms with Crippen molar-refractivity contribution in [2.75, 3.05) is 46.0 Å². The molecule has 2 heterocycles. The molecule has 4 aliphatic rings. The number of ether oxygens (including phenoxy) is 5. The molecule has 1 aromatic rings. The van der Waals surface area contributed by atoms with Crippen LogP contribution < -0.4 is 5.32 Å². The second-order valence-electron chi connectivity index (χ2n) is 11.2.